The Morgan fingerprint density at radius 3 is 2.60 bits per heavy atom. The fourth-order valence-corrected chi connectivity index (χ4v) is 2.47. The number of methoxy groups -OCH3 is 2. The summed E-state index contributed by atoms with van der Waals surface area (Å²) >= 11 is 0. The number of amides is 2. The standard InChI is InChI=1S/C18H18N2O5/c1-10-17(21)20-13-9-12(5-7-14(13)25-10)19-18(22)11-4-6-15(23-2)16(8-11)24-3/h4-10H,1-3H3,(H,19,22)(H,20,21). The van der Waals surface area contributed by atoms with E-state index in [1.54, 1.807) is 43.3 Å². The molecule has 2 N–H and O–H groups in total. The van der Waals surface area contributed by atoms with Gasteiger partial charge < -0.3 is 24.8 Å². The van der Waals surface area contributed by atoms with Gasteiger partial charge in [0, 0.05) is 11.3 Å². The number of rotatable bonds is 4. The van der Waals surface area contributed by atoms with E-state index in [2.05, 4.69) is 10.6 Å². The van der Waals surface area contributed by atoms with Crippen LogP contribution in [-0.4, -0.2) is 32.1 Å². The van der Waals surface area contributed by atoms with E-state index in [9.17, 15) is 9.59 Å². The van der Waals surface area contributed by atoms with Crippen LogP contribution in [0.3, 0.4) is 0 Å². The van der Waals surface area contributed by atoms with Gasteiger partial charge in [0.25, 0.3) is 11.8 Å². The predicted molar refractivity (Wildman–Crippen MR) is 92.7 cm³/mol. The SMILES string of the molecule is COc1ccc(C(=O)Nc2ccc3c(c2)NC(=O)C(C)O3)cc1OC. The predicted octanol–water partition coefficient (Wildman–Crippen LogP) is 2.68. The third-order valence-electron chi connectivity index (χ3n) is 3.81. The van der Waals surface area contributed by atoms with E-state index < -0.39 is 6.10 Å². The summed E-state index contributed by atoms with van der Waals surface area (Å²) in [6, 6.07) is 9.96. The Kier molecular flexibility index (Phi) is 4.47. The van der Waals surface area contributed by atoms with Gasteiger partial charge in [0.05, 0.1) is 19.9 Å². The first-order valence-electron chi connectivity index (χ1n) is 7.66. The number of carbonyl (C=O) groups excluding carboxylic acids is 2. The topological polar surface area (TPSA) is 85.9 Å². The molecule has 0 aliphatic carbocycles. The molecule has 25 heavy (non-hydrogen) atoms. The van der Waals surface area contributed by atoms with Gasteiger partial charge in [-0.3, -0.25) is 9.59 Å². The van der Waals surface area contributed by atoms with Crippen molar-refractivity contribution in [3.63, 3.8) is 0 Å². The van der Waals surface area contributed by atoms with E-state index in [1.165, 1.54) is 14.2 Å². The molecule has 1 atom stereocenters. The Labute approximate surface area is 144 Å². The van der Waals surface area contributed by atoms with Crippen molar-refractivity contribution in [1.29, 1.82) is 0 Å². The molecule has 2 amide bonds. The number of ether oxygens (including phenoxy) is 3. The van der Waals surface area contributed by atoms with Crippen molar-refractivity contribution < 1.29 is 23.8 Å². The van der Waals surface area contributed by atoms with Crippen LogP contribution in [0.15, 0.2) is 36.4 Å². The van der Waals surface area contributed by atoms with Gasteiger partial charge >= 0.3 is 0 Å². The Bertz CT molecular complexity index is 834. The normalized spacial score (nSPS) is 15.5. The summed E-state index contributed by atoms with van der Waals surface area (Å²) in [6.07, 6.45) is -0.542. The van der Waals surface area contributed by atoms with E-state index in [4.69, 9.17) is 14.2 Å². The maximum Gasteiger partial charge on any atom is 0.265 e. The fourth-order valence-electron chi connectivity index (χ4n) is 2.47. The number of carbonyl (C=O) groups is 2. The Balaban J connectivity index is 1.80. The second-order valence-electron chi connectivity index (χ2n) is 5.48. The summed E-state index contributed by atoms with van der Waals surface area (Å²) in [5.41, 5.74) is 1.48. The average molecular weight is 342 g/mol. The molecule has 7 heteroatoms. The maximum atomic E-state index is 12.4. The fraction of sp³-hybridized carbons (Fsp3) is 0.222. The third-order valence-corrected chi connectivity index (χ3v) is 3.81. The third kappa shape index (κ3) is 3.35. The van der Waals surface area contributed by atoms with Crippen LogP contribution in [0.5, 0.6) is 17.2 Å². The summed E-state index contributed by atoms with van der Waals surface area (Å²) < 4.78 is 15.9. The van der Waals surface area contributed by atoms with Crippen LogP contribution in [-0.2, 0) is 4.79 Å². The quantitative estimate of drug-likeness (QED) is 0.892. The van der Waals surface area contributed by atoms with Crippen molar-refractivity contribution in [3.05, 3.63) is 42.0 Å². The van der Waals surface area contributed by atoms with Crippen LogP contribution in [0, 0.1) is 0 Å². The summed E-state index contributed by atoms with van der Waals surface area (Å²) in [5, 5.41) is 5.53. The molecule has 2 aromatic carbocycles. The van der Waals surface area contributed by atoms with Crippen molar-refractivity contribution in [2.75, 3.05) is 24.9 Å². The van der Waals surface area contributed by atoms with E-state index >= 15 is 0 Å². The molecule has 0 aromatic heterocycles. The highest BCUT2D eigenvalue weighted by atomic mass is 16.5. The second-order valence-corrected chi connectivity index (χ2v) is 5.48. The molecule has 0 bridgehead atoms. The van der Waals surface area contributed by atoms with Crippen LogP contribution in [0.1, 0.15) is 17.3 Å². The van der Waals surface area contributed by atoms with E-state index in [0.29, 0.717) is 34.2 Å². The Morgan fingerprint density at radius 2 is 1.88 bits per heavy atom. The van der Waals surface area contributed by atoms with Gasteiger partial charge in [-0.05, 0) is 43.3 Å². The van der Waals surface area contributed by atoms with Crippen molar-refractivity contribution in [2.24, 2.45) is 0 Å². The van der Waals surface area contributed by atoms with Crippen molar-refractivity contribution in [2.45, 2.75) is 13.0 Å². The zero-order valence-electron chi connectivity index (χ0n) is 14.1. The molecular formula is C18H18N2O5. The molecule has 130 valence electrons. The van der Waals surface area contributed by atoms with Gasteiger partial charge in [0.2, 0.25) is 0 Å². The van der Waals surface area contributed by atoms with Crippen LogP contribution in [0.4, 0.5) is 11.4 Å². The number of benzene rings is 2. The minimum Gasteiger partial charge on any atom is -0.493 e. The molecule has 2 aromatic rings. The van der Waals surface area contributed by atoms with Crippen LogP contribution in [0.25, 0.3) is 0 Å². The molecule has 1 heterocycles. The Hall–Kier alpha value is -3.22. The summed E-state index contributed by atoms with van der Waals surface area (Å²) in [6.45, 7) is 1.67. The minimum atomic E-state index is -0.542. The van der Waals surface area contributed by atoms with Gasteiger partial charge in [-0.15, -0.1) is 0 Å². The zero-order chi connectivity index (χ0) is 18.0. The number of fused-ring (bicyclic) bond motifs is 1. The number of anilines is 2. The Morgan fingerprint density at radius 1 is 1.12 bits per heavy atom. The molecule has 1 unspecified atom stereocenters. The molecule has 7 nitrogen and oxygen atoms in total. The highest BCUT2D eigenvalue weighted by Crippen LogP contribution is 2.32. The van der Waals surface area contributed by atoms with E-state index in [-0.39, 0.29) is 11.8 Å². The zero-order valence-corrected chi connectivity index (χ0v) is 14.1. The summed E-state index contributed by atoms with van der Waals surface area (Å²) in [7, 11) is 3.04. The average Bonchev–Trinajstić information content (AvgIpc) is 2.62. The number of hydrogen-bond donors (Lipinski definition) is 2. The largest absolute Gasteiger partial charge is 0.493 e. The van der Waals surface area contributed by atoms with Crippen molar-refractivity contribution >= 4 is 23.2 Å². The first-order valence-corrected chi connectivity index (χ1v) is 7.66. The van der Waals surface area contributed by atoms with Gasteiger partial charge in [0.15, 0.2) is 17.6 Å². The molecule has 1 aliphatic heterocycles. The molecule has 0 radical (unpaired) electrons. The van der Waals surface area contributed by atoms with Gasteiger partial charge in [-0.25, -0.2) is 0 Å². The van der Waals surface area contributed by atoms with E-state index in [0.717, 1.165) is 0 Å². The minimum absolute atomic E-state index is 0.226. The lowest BCUT2D eigenvalue weighted by Crippen LogP contribution is -2.34. The molecule has 0 saturated carbocycles. The van der Waals surface area contributed by atoms with Crippen LogP contribution < -0.4 is 24.8 Å². The van der Waals surface area contributed by atoms with E-state index in [1.807, 2.05) is 0 Å². The number of nitrogens with one attached hydrogen (secondary N) is 2. The molecule has 0 saturated heterocycles. The summed E-state index contributed by atoms with van der Waals surface area (Å²) in [5.74, 6) is 1.04. The molecule has 3 rings (SSSR count). The molecule has 0 fully saturated rings. The highest BCUT2D eigenvalue weighted by molar-refractivity contribution is 6.05. The molecular weight excluding hydrogens is 324 g/mol. The maximum absolute atomic E-state index is 12.4. The molecule has 0 spiro atoms. The second kappa shape index (κ2) is 6.72. The van der Waals surface area contributed by atoms with Crippen LogP contribution >= 0.6 is 0 Å². The van der Waals surface area contributed by atoms with Gasteiger partial charge in [-0.1, -0.05) is 0 Å². The molecule has 1 aliphatic rings. The highest BCUT2D eigenvalue weighted by Gasteiger charge is 2.23. The van der Waals surface area contributed by atoms with Gasteiger partial charge in [-0.2, -0.15) is 0 Å². The first-order chi connectivity index (χ1) is 12.0. The lowest BCUT2D eigenvalue weighted by molar-refractivity contribution is -0.122. The number of hydrogen-bond acceptors (Lipinski definition) is 5. The van der Waals surface area contributed by atoms with Crippen molar-refractivity contribution in [3.8, 4) is 17.2 Å². The monoisotopic (exact) mass is 342 g/mol. The summed E-state index contributed by atoms with van der Waals surface area (Å²) in [4.78, 5) is 24.1. The van der Waals surface area contributed by atoms with Crippen molar-refractivity contribution in [1.82, 2.24) is 0 Å². The lowest BCUT2D eigenvalue weighted by atomic mass is 10.1. The smallest absolute Gasteiger partial charge is 0.265 e. The van der Waals surface area contributed by atoms with Crippen LogP contribution in [0.2, 0.25) is 0 Å². The van der Waals surface area contributed by atoms with Gasteiger partial charge in [0.1, 0.15) is 5.75 Å². The first kappa shape index (κ1) is 16.6. The lowest BCUT2D eigenvalue weighted by Gasteiger charge is -2.23.